The molecule has 114 valence electrons. The highest BCUT2D eigenvalue weighted by atomic mass is 16.6. The zero-order valence-corrected chi connectivity index (χ0v) is 11.1. The second-order valence-corrected chi connectivity index (χ2v) is 3.94. The summed E-state index contributed by atoms with van der Waals surface area (Å²) in [6, 6.07) is 1.91. The number of aliphatic hydroxyl groups is 1. The number of nitro benzene ring substituents is 1. The topological polar surface area (TPSA) is 142 Å². The van der Waals surface area contributed by atoms with Crippen LogP contribution in [0.15, 0.2) is 12.1 Å². The van der Waals surface area contributed by atoms with Crippen molar-refractivity contribution in [1.82, 2.24) is 0 Å². The van der Waals surface area contributed by atoms with Crippen LogP contribution in [0, 0.1) is 20.2 Å². The van der Waals surface area contributed by atoms with Crippen LogP contribution in [0.25, 0.3) is 0 Å². The van der Waals surface area contributed by atoms with Crippen molar-refractivity contribution < 1.29 is 29.2 Å². The molecule has 0 aromatic heterocycles. The Bertz CT molecular complexity index is 586. The van der Waals surface area contributed by atoms with Gasteiger partial charge in [-0.15, -0.1) is 0 Å². The van der Waals surface area contributed by atoms with Crippen molar-refractivity contribution >= 4 is 11.7 Å². The molecule has 10 nitrogen and oxygen atoms in total. The van der Waals surface area contributed by atoms with Gasteiger partial charge in [-0.1, -0.05) is 0 Å². The fraction of sp³-hybridized carbons (Fsp3) is 0.364. The van der Waals surface area contributed by atoms with Crippen LogP contribution in [0.3, 0.4) is 0 Å². The number of rotatable bonds is 6. The molecule has 0 bridgehead atoms. The minimum Gasteiger partial charge on any atom is -0.493 e. The van der Waals surface area contributed by atoms with Gasteiger partial charge in [0, 0.05) is 11.8 Å². The minimum atomic E-state index is -1.69. The van der Waals surface area contributed by atoms with E-state index < -0.39 is 34.2 Å². The van der Waals surface area contributed by atoms with E-state index in [0.717, 1.165) is 19.1 Å². The summed E-state index contributed by atoms with van der Waals surface area (Å²) in [5, 5.41) is 31.1. The molecule has 1 atom stereocenters. The fourth-order valence-electron chi connectivity index (χ4n) is 1.62. The Morgan fingerprint density at radius 3 is 2.38 bits per heavy atom. The molecule has 0 radical (unpaired) electrons. The van der Waals surface area contributed by atoms with E-state index >= 15 is 0 Å². The lowest BCUT2D eigenvalue weighted by Crippen LogP contribution is -2.14. The molecule has 0 saturated carbocycles. The molecule has 1 N–H and O–H groups in total. The van der Waals surface area contributed by atoms with Gasteiger partial charge in [0.1, 0.15) is 0 Å². The molecule has 21 heavy (non-hydrogen) atoms. The Morgan fingerprint density at radius 1 is 1.33 bits per heavy atom. The van der Waals surface area contributed by atoms with Crippen LogP contribution < -0.4 is 9.47 Å². The Kier molecular flexibility index (Phi) is 5.13. The van der Waals surface area contributed by atoms with Crippen LogP contribution in [-0.2, 0) is 4.79 Å². The molecule has 1 aromatic rings. The standard InChI is InChI=1S/C11H12N2O8/c1-6(14)21-11-4-8(13(18)19)7(3-10(11)20-2)9(15)5-12(16)17/h3-4,9,15H,5H2,1-2H3. The zero-order valence-electron chi connectivity index (χ0n) is 11.1. The number of nitro groups is 2. The Balaban J connectivity index is 3.38. The van der Waals surface area contributed by atoms with Crippen molar-refractivity contribution in [3.63, 3.8) is 0 Å². The normalized spacial score (nSPS) is 11.6. The molecule has 0 spiro atoms. The lowest BCUT2D eigenvalue weighted by molar-refractivity contribution is -0.492. The summed E-state index contributed by atoms with van der Waals surface area (Å²) in [5.41, 5.74) is -0.911. The average Bonchev–Trinajstić information content (AvgIpc) is 2.36. The maximum atomic E-state index is 11.0. The van der Waals surface area contributed by atoms with Gasteiger partial charge < -0.3 is 14.6 Å². The van der Waals surface area contributed by atoms with Crippen LogP contribution in [0.2, 0.25) is 0 Å². The number of carbonyl (C=O) groups excluding carboxylic acids is 1. The number of hydrogen-bond donors (Lipinski definition) is 1. The molecule has 1 rings (SSSR count). The summed E-state index contributed by atoms with van der Waals surface area (Å²) in [4.78, 5) is 30.7. The number of carbonyl (C=O) groups is 1. The third-order valence-corrected chi connectivity index (χ3v) is 2.44. The maximum Gasteiger partial charge on any atom is 0.308 e. The summed E-state index contributed by atoms with van der Waals surface area (Å²) in [6.07, 6.45) is -1.69. The van der Waals surface area contributed by atoms with Gasteiger partial charge in [-0.25, -0.2) is 0 Å². The number of esters is 1. The van der Waals surface area contributed by atoms with E-state index in [2.05, 4.69) is 0 Å². The first-order valence-corrected chi connectivity index (χ1v) is 5.60. The number of nitrogens with zero attached hydrogens (tertiary/aromatic N) is 2. The molecule has 0 saturated heterocycles. The second kappa shape index (κ2) is 6.61. The van der Waals surface area contributed by atoms with Crippen LogP contribution in [0.4, 0.5) is 5.69 Å². The predicted molar refractivity (Wildman–Crippen MR) is 67.8 cm³/mol. The lowest BCUT2D eigenvalue weighted by atomic mass is 10.1. The molecule has 0 aliphatic rings. The molecule has 1 aromatic carbocycles. The van der Waals surface area contributed by atoms with E-state index in [1.807, 2.05) is 0 Å². The largest absolute Gasteiger partial charge is 0.493 e. The second-order valence-electron chi connectivity index (χ2n) is 3.94. The Labute approximate surface area is 118 Å². The molecule has 0 aliphatic carbocycles. The number of aliphatic hydroxyl groups excluding tert-OH is 1. The van der Waals surface area contributed by atoms with E-state index in [-0.39, 0.29) is 17.1 Å². The number of ether oxygens (including phenoxy) is 2. The summed E-state index contributed by atoms with van der Waals surface area (Å²) in [7, 11) is 1.22. The van der Waals surface area contributed by atoms with Gasteiger partial charge in [-0.05, 0) is 6.07 Å². The molecule has 10 heteroatoms. The zero-order chi connectivity index (χ0) is 16.2. The SMILES string of the molecule is COc1cc(C(O)C[N+](=O)[O-])c([N+](=O)[O-])cc1OC(C)=O. The van der Waals surface area contributed by atoms with E-state index in [4.69, 9.17) is 9.47 Å². The monoisotopic (exact) mass is 300 g/mol. The highest BCUT2D eigenvalue weighted by Gasteiger charge is 2.28. The first-order chi connectivity index (χ1) is 9.76. The van der Waals surface area contributed by atoms with E-state index in [1.54, 1.807) is 0 Å². The van der Waals surface area contributed by atoms with Crippen LogP contribution in [-0.4, -0.2) is 34.6 Å². The first kappa shape index (κ1) is 16.3. The molecule has 1 unspecified atom stereocenters. The van der Waals surface area contributed by atoms with Gasteiger partial charge in [0.15, 0.2) is 17.6 Å². The Hall–Kier alpha value is -2.75. The van der Waals surface area contributed by atoms with Crippen LogP contribution >= 0.6 is 0 Å². The molecule has 0 amide bonds. The van der Waals surface area contributed by atoms with E-state index in [0.29, 0.717) is 0 Å². The quantitative estimate of drug-likeness (QED) is 0.352. The predicted octanol–water partition coefficient (Wildman–Crippen LogP) is 0.839. The van der Waals surface area contributed by atoms with Crippen molar-refractivity contribution in [3.8, 4) is 11.5 Å². The van der Waals surface area contributed by atoms with Crippen molar-refractivity contribution in [2.24, 2.45) is 0 Å². The van der Waals surface area contributed by atoms with E-state index in [1.165, 1.54) is 7.11 Å². The molecule has 0 heterocycles. The van der Waals surface area contributed by atoms with Crippen molar-refractivity contribution in [3.05, 3.63) is 37.9 Å². The van der Waals surface area contributed by atoms with Crippen molar-refractivity contribution in [1.29, 1.82) is 0 Å². The number of methoxy groups -OCH3 is 1. The molecular formula is C11H12N2O8. The van der Waals surface area contributed by atoms with Gasteiger partial charge in [-0.3, -0.25) is 25.0 Å². The van der Waals surface area contributed by atoms with Crippen molar-refractivity contribution in [2.75, 3.05) is 13.7 Å². The number of hydrogen-bond acceptors (Lipinski definition) is 8. The molecular weight excluding hydrogens is 288 g/mol. The van der Waals surface area contributed by atoms with Gasteiger partial charge in [0.05, 0.1) is 23.7 Å². The average molecular weight is 300 g/mol. The van der Waals surface area contributed by atoms with Gasteiger partial charge in [0.2, 0.25) is 6.54 Å². The van der Waals surface area contributed by atoms with Crippen LogP contribution in [0.5, 0.6) is 11.5 Å². The van der Waals surface area contributed by atoms with Crippen LogP contribution in [0.1, 0.15) is 18.6 Å². The highest BCUT2D eigenvalue weighted by molar-refractivity contribution is 5.71. The Morgan fingerprint density at radius 2 is 1.95 bits per heavy atom. The third-order valence-electron chi connectivity index (χ3n) is 2.44. The summed E-state index contributed by atoms with van der Waals surface area (Å²) < 4.78 is 9.66. The van der Waals surface area contributed by atoms with E-state index in [9.17, 15) is 30.1 Å². The van der Waals surface area contributed by atoms with Gasteiger partial charge in [0.25, 0.3) is 5.69 Å². The smallest absolute Gasteiger partial charge is 0.308 e. The lowest BCUT2D eigenvalue weighted by Gasteiger charge is -2.12. The molecule has 0 aliphatic heterocycles. The van der Waals surface area contributed by atoms with Gasteiger partial charge >= 0.3 is 5.97 Å². The van der Waals surface area contributed by atoms with Crippen molar-refractivity contribution in [2.45, 2.75) is 13.0 Å². The third kappa shape index (κ3) is 4.11. The number of benzene rings is 1. The first-order valence-electron chi connectivity index (χ1n) is 5.60. The highest BCUT2D eigenvalue weighted by Crippen LogP contribution is 2.37. The maximum absolute atomic E-state index is 11.0. The minimum absolute atomic E-state index is 0.0619. The summed E-state index contributed by atoms with van der Waals surface area (Å²) >= 11 is 0. The summed E-state index contributed by atoms with van der Waals surface area (Å²) in [5.74, 6) is -0.997. The fourth-order valence-corrected chi connectivity index (χ4v) is 1.62. The summed E-state index contributed by atoms with van der Waals surface area (Å²) in [6.45, 7) is 0.192. The van der Waals surface area contributed by atoms with Gasteiger partial charge in [-0.2, -0.15) is 0 Å². The molecule has 0 fully saturated rings.